The number of amides is 1. The zero-order chi connectivity index (χ0) is 22.0. The third-order valence-corrected chi connectivity index (χ3v) is 5.61. The van der Waals surface area contributed by atoms with E-state index in [1.165, 1.54) is 6.07 Å². The predicted octanol–water partition coefficient (Wildman–Crippen LogP) is 5.19. The normalized spacial score (nSPS) is 13.2. The number of carbonyl (C=O) groups is 2. The Labute approximate surface area is 179 Å². The van der Waals surface area contributed by atoms with E-state index in [1.807, 2.05) is 48.5 Å². The third kappa shape index (κ3) is 4.28. The van der Waals surface area contributed by atoms with Crippen molar-refractivity contribution in [3.8, 4) is 11.1 Å². The van der Waals surface area contributed by atoms with Gasteiger partial charge in [-0.25, -0.2) is 9.18 Å². The van der Waals surface area contributed by atoms with E-state index in [-0.39, 0.29) is 18.9 Å². The standard InChI is InChI=1S/C25H22FNO4/c1-15-10-11-16(12-22(15)26)23(13-24(28)29)27-25(30)31-14-21-19-8-4-2-6-17(19)18-7-3-5-9-20(18)21/h2-12,21,23H,13-14H2,1H3,(H,27,30)(H,28,29)/t23-/m0/s1. The van der Waals surface area contributed by atoms with Crippen molar-refractivity contribution < 1.29 is 23.8 Å². The van der Waals surface area contributed by atoms with Crippen LogP contribution < -0.4 is 5.32 Å². The molecule has 3 aromatic carbocycles. The van der Waals surface area contributed by atoms with E-state index in [4.69, 9.17) is 4.74 Å². The van der Waals surface area contributed by atoms with Gasteiger partial charge in [0, 0.05) is 5.92 Å². The maximum Gasteiger partial charge on any atom is 0.407 e. The van der Waals surface area contributed by atoms with Crippen molar-refractivity contribution in [1.82, 2.24) is 5.32 Å². The summed E-state index contributed by atoms with van der Waals surface area (Å²) in [4.78, 5) is 23.8. The van der Waals surface area contributed by atoms with Crippen LogP contribution in [0.25, 0.3) is 11.1 Å². The Morgan fingerprint density at radius 3 is 2.23 bits per heavy atom. The molecule has 0 bridgehead atoms. The summed E-state index contributed by atoms with van der Waals surface area (Å²) in [6.07, 6.45) is -1.12. The van der Waals surface area contributed by atoms with Crippen LogP contribution in [0.4, 0.5) is 9.18 Å². The van der Waals surface area contributed by atoms with Crippen molar-refractivity contribution >= 4 is 12.1 Å². The van der Waals surface area contributed by atoms with Gasteiger partial charge in [0.25, 0.3) is 0 Å². The van der Waals surface area contributed by atoms with Crippen molar-refractivity contribution in [3.63, 3.8) is 0 Å². The van der Waals surface area contributed by atoms with Crippen LogP contribution in [0.1, 0.15) is 40.6 Å². The molecule has 3 aromatic rings. The first-order valence-electron chi connectivity index (χ1n) is 10.0. The third-order valence-electron chi connectivity index (χ3n) is 5.61. The molecule has 0 saturated carbocycles. The van der Waals surface area contributed by atoms with Gasteiger partial charge < -0.3 is 15.2 Å². The van der Waals surface area contributed by atoms with Gasteiger partial charge in [-0.05, 0) is 46.4 Å². The lowest BCUT2D eigenvalue weighted by Crippen LogP contribution is -2.31. The average molecular weight is 419 g/mol. The van der Waals surface area contributed by atoms with Crippen LogP contribution in [-0.2, 0) is 9.53 Å². The Bertz CT molecular complexity index is 1100. The monoisotopic (exact) mass is 419 g/mol. The summed E-state index contributed by atoms with van der Waals surface area (Å²) in [7, 11) is 0. The number of aryl methyl sites for hydroxylation is 1. The Morgan fingerprint density at radius 1 is 1.03 bits per heavy atom. The predicted molar refractivity (Wildman–Crippen MR) is 114 cm³/mol. The number of carboxylic acids is 1. The fourth-order valence-corrected chi connectivity index (χ4v) is 4.04. The maximum atomic E-state index is 14.0. The number of aliphatic carboxylic acids is 1. The number of rotatable bonds is 6. The van der Waals surface area contributed by atoms with Crippen LogP contribution in [0.15, 0.2) is 66.7 Å². The molecular weight excluding hydrogens is 397 g/mol. The van der Waals surface area contributed by atoms with Crippen LogP contribution in [-0.4, -0.2) is 23.8 Å². The molecule has 158 valence electrons. The summed E-state index contributed by atoms with van der Waals surface area (Å²) in [6, 6.07) is 19.5. The number of ether oxygens (including phenoxy) is 1. The summed E-state index contributed by atoms with van der Waals surface area (Å²) in [5.41, 5.74) is 5.22. The molecule has 0 aliphatic heterocycles. The number of carbonyl (C=O) groups excluding carboxylic acids is 1. The molecule has 31 heavy (non-hydrogen) atoms. The molecule has 0 saturated heterocycles. The SMILES string of the molecule is Cc1ccc([C@H](CC(=O)O)NC(=O)OCC2c3ccccc3-c3ccccc32)cc1F. The molecule has 0 spiro atoms. The van der Waals surface area contributed by atoms with Crippen molar-refractivity contribution in [3.05, 3.63) is 94.8 Å². The van der Waals surface area contributed by atoms with Crippen LogP contribution in [0, 0.1) is 12.7 Å². The number of nitrogens with one attached hydrogen (secondary N) is 1. The molecule has 1 aliphatic rings. The van der Waals surface area contributed by atoms with E-state index in [9.17, 15) is 19.1 Å². The van der Waals surface area contributed by atoms with E-state index in [0.717, 1.165) is 22.3 Å². The highest BCUT2D eigenvalue weighted by atomic mass is 19.1. The molecule has 4 rings (SSSR count). The number of alkyl carbamates (subject to hydrolysis) is 1. The van der Waals surface area contributed by atoms with Gasteiger partial charge in [-0.2, -0.15) is 0 Å². The molecular formula is C25H22FNO4. The van der Waals surface area contributed by atoms with E-state index in [0.29, 0.717) is 11.1 Å². The lowest BCUT2D eigenvalue weighted by Gasteiger charge is -2.19. The Kier molecular flexibility index (Phi) is 5.71. The second kappa shape index (κ2) is 8.60. The molecule has 0 aromatic heterocycles. The van der Waals surface area contributed by atoms with Gasteiger partial charge in [0.15, 0.2) is 0 Å². The van der Waals surface area contributed by atoms with Crippen molar-refractivity contribution in [2.24, 2.45) is 0 Å². The van der Waals surface area contributed by atoms with Crippen LogP contribution in [0.5, 0.6) is 0 Å². The fourth-order valence-electron chi connectivity index (χ4n) is 4.04. The second-order valence-electron chi connectivity index (χ2n) is 7.63. The summed E-state index contributed by atoms with van der Waals surface area (Å²) in [5, 5.41) is 11.8. The van der Waals surface area contributed by atoms with E-state index in [1.54, 1.807) is 19.1 Å². The van der Waals surface area contributed by atoms with Crippen molar-refractivity contribution in [2.75, 3.05) is 6.61 Å². The lowest BCUT2D eigenvalue weighted by atomic mass is 9.98. The molecule has 1 aliphatic carbocycles. The lowest BCUT2D eigenvalue weighted by molar-refractivity contribution is -0.137. The van der Waals surface area contributed by atoms with Gasteiger partial charge in [-0.15, -0.1) is 0 Å². The van der Waals surface area contributed by atoms with Gasteiger partial charge in [-0.3, -0.25) is 4.79 Å². The van der Waals surface area contributed by atoms with Gasteiger partial charge in [-0.1, -0.05) is 60.7 Å². The van der Waals surface area contributed by atoms with Gasteiger partial charge in [0.05, 0.1) is 12.5 Å². The zero-order valence-electron chi connectivity index (χ0n) is 17.0. The molecule has 6 heteroatoms. The highest BCUT2D eigenvalue weighted by Gasteiger charge is 2.29. The number of hydrogen-bond acceptors (Lipinski definition) is 3. The van der Waals surface area contributed by atoms with E-state index in [2.05, 4.69) is 5.32 Å². The molecule has 0 heterocycles. The van der Waals surface area contributed by atoms with Crippen LogP contribution in [0.3, 0.4) is 0 Å². The molecule has 0 unspecified atom stereocenters. The minimum absolute atomic E-state index is 0.104. The summed E-state index contributed by atoms with van der Waals surface area (Å²) < 4.78 is 19.4. The van der Waals surface area contributed by atoms with Gasteiger partial charge in [0.2, 0.25) is 0 Å². The van der Waals surface area contributed by atoms with Crippen LogP contribution in [0.2, 0.25) is 0 Å². The second-order valence-corrected chi connectivity index (χ2v) is 7.63. The maximum absolute atomic E-state index is 14.0. The summed E-state index contributed by atoms with van der Waals surface area (Å²) in [5.74, 6) is -1.67. The Balaban J connectivity index is 1.49. The minimum atomic E-state index is -1.11. The highest BCUT2D eigenvalue weighted by molar-refractivity contribution is 5.79. The minimum Gasteiger partial charge on any atom is -0.481 e. The number of halogens is 1. The number of benzene rings is 3. The molecule has 2 N–H and O–H groups in total. The number of carboxylic acid groups (broad SMARTS) is 1. The summed E-state index contributed by atoms with van der Waals surface area (Å²) in [6.45, 7) is 1.73. The molecule has 0 fully saturated rings. The molecule has 5 nitrogen and oxygen atoms in total. The van der Waals surface area contributed by atoms with E-state index < -0.39 is 23.9 Å². The fraction of sp³-hybridized carbons (Fsp3) is 0.200. The first-order chi connectivity index (χ1) is 14.9. The molecule has 0 radical (unpaired) electrons. The number of fused-ring (bicyclic) bond motifs is 3. The van der Waals surface area contributed by atoms with E-state index >= 15 is 0 Å². The molecule has 1 atom stereocenters. The highest BCUT2D eigenvalue weighted by Crippen LogP contribution is 2.44. The smallest absolute Gasteiger partial charge is 0.407 e. The summed E-state index contributed by atoms with van der Waals surface area (Å²) >= 11 is 0. The first-order valence-corrected chi connectivity index (χ1v) is 10.0. The largest absolute Gasteiger partial charge is 0.481 e. The topological polar surface area (TPSA) is 75.6 Å². The van der Waals surface area contributed by atoms with Gasteiger partial charge >= 0.3 is 12.1 Å². The number of hydrogen-bond donors (Lipinski definition) is 2. The van der Waals surface area contributed by atoms with Crippen molar-refractivity contribution in [2.45, 2.75) is 25.3 Å². The Hall–Kier alpha value is -3.67. The molecule has 1 amide bonds. The average Bonchev–Trinajstić information content (AvgIpc) is 3.07. The van der Waals surface area contributed by atoms with Gasteiger partial charge in [0.1, 0.15) is 12.4 Å². The quantitative estimate of drug-likeness (QED) is 0.577. The van der Waals surface area contributed by atoms with Crippen molar-refractivity contribution in [1.29, 1.82) is 0 Å². The zero-order valence-corrected chi connectivity index (χ0v) is 17.0. The first kappa shape index (κ1) is 20.6. The van der Waals surface area contributed by atoms with Crippen LogP contribution >= 0.6 is 0 Å². The Morgan fingerprint density at radius 2 is 1.65 bits per heavy atom.